The van der Waals surface area contributed by atoms with Crippen molar-refractivity contribution in [1.29, 1.82) is 0 Å². The average molecular weight is 377 g/mol. The Balaban J connectivity index is 1.62. The van der Waals surface area contributed by atoms with E-state index in [0.29, 0.717) is 24.4 Å². The molecule has 6 nitrogen and oxygen atoms in total. The van der Waals surface area contributed by atoms with E-state index in [1.165, 1.54) is 0 Å². The smallest absolute Gasteiger partial charge is 0.345 e. The van der Waals surface area contributed by atoms with Gasteiger partial charge in [-0.25, -0.2) is 4.98 Å². The summed E-state index contributed by atoms with van der Waals surface area (Å²) in [6.07, 6.45) is -0.841. The molecule has 1 amide bonds. The van der Waals surface area contributed by atoms with E-state index in [4.69, 9.17) is 0 Å². The molecular weight excluding hydrogens is 359 g/mol. The van der Waals surface area contributed by atoms with Crippen LogP contribution in [-0.4, -0.2) is 50.2 Å². The molecule has 1 N–H and O–H groups in total. The Morgan fingerprint density at radius 1 is 1.30 bits per heavy atom. The number of fused-ring (bicyclic) bond motifs is 3. The summed E-state index contributed by atoms with van der Waals surface area (Å²) in [6.45, 7) is 0.902. The van der Waals surface area contributed by atoms with Crippen LogP contribution >= 0.6 is 0 Å². The number of carbonyl (C=O) groups is 1. The summed E-state index contributed by atoms with van der Waals surface area (Å²) in [5.41, 5.74) is 2.19. The number of halogens is 3. The maximum Gasteiger partial charge on any atom is 0.389 e. The Labute approximate surface area is 152 Å². The molecule has 0 aromatic carbocycles. The van der Waals surface area contributed by atoms with E-state index in [1.54, 1.807) is 17.3 Å². The molecule has 0 spiro atoms. The number of amides is 1. The molecule has 1 atom stereocenters. The fraction of sp³-hybridized carbons (Fsp3) is 0.444. The van der Waals surface area contributed by atoms with E-state index in [1.807, 2.05) is 12.1 Å². The van der Waals surface area contributed by atoms with Crippen molar-refractivity contribution in [2.45, 2.75) is 37.8 Å². The van der Waals surface area contributed by atoms with Crippen molar-refractivity contribution >= 4 is 28.0 Å². The third-order valence-electron chi connectivity index (χ3n) is 5.04. The topological polar surface area (TPSA) is 74.8 Å². The van der Waals surface area contributed by atoms with Gasteiger partial charge in [-0.05, 0) is 30.5 Å². The van der Waals surface area contributed by atoms with Crippen LogP contribution in [0.1, 0.15) is 37.2 Å². The number of aromatic amines is 1. The van der Waals surface area contributed by atoms with Gasteiger partial charge in [0.05, 0.1) is 6.42 Å². The van der Waals surface area contributed by atoms with Gasteiger partial charge < -0.3 is 9.88 Å². The first kappa shape index (κ1) is 17.7. The number of piperidine rings is 1. The second-order valence-corrected chi connectivity index (χ2v) is 6.83. The average Bonchev–Trinajstić information content (AvgIpc) is 3.14. The molecule has 1 fully saturated rings. The Bertz CT molecular complexity index is 984. The van der Waals surface area contributed by atoms with E-state index >= 15 is 0 Å². The molecule has 0 bridgehead atoms. The number of H-pyrrole nitrogens is 1. The van der Waals surface area contributed by atoms with E-state index < -0.39 is 24.9 Å². The van der Waals surface area contributed by atoms with Crippen molar-refractivity contribution in [3.8, 4) is 0 Å². The van der Waals surface area contributed by atoms with Crippen LogP contribution in [0.5, 0.6) is 0 Å². The predicted molar refractivity (Wildman–Crippen MR) is 93.0 cm³/mol. The summed E-state index contributed by atoms with van der Waals surface area (Å²) in [5, 5.41) is 10.1. The lowest BCUT2D eigenvalue weighted by Gasteiger charge is -2.33. The summed E-state index contributed by atoms with van der Waals surface area (Å²) in [6, 6.07) is 3.82. The third kappa shape index (κ3) is 3.58. The summed E-state index contributed by atoms with van der Waals surface area (Å²) in [7, 11) is 0. The highest BCUT2D eigenvalue weighted by Crippen LogP contribution is 2.34. The van der Waals surface area contributed by atoms with Gasteiger partial charge in [0.25, 0.3) is 0 Å². The van der Waals surface area contributed by atoms with Gasteiger partial charge in [-0.15, -0.1) is 10.2 Å². The Morgan fingerprint density at radius 2 is 2.15 bits per heavy atom. The van der Waals surface area contributed by atoms with Crippen molar-refractivity contribution in [2.75, 3.05) is 13.1 Å². The van der Waals surface area contributed by atoms with Crippen LogP contribution in [0.15, 0.2) is 24.5 Å². The largest absolute Gasteiger partial charge is 0.389 e. The number of nitrogens with zero attached hydrogens (tertiary/aromatic N) is 4. The Kier molecular flexibility index (Phi) is 4.45. The molecule has 4 rings (SSSR count). The minimum atomic E-state index is -4.31. The summed E-state index contributed by atoms with van der Waals surface area (Å²) in [5.74, 6) is -0.414. The van der Waals surface area contributed by atoms with Crippen LogP contribution in [-0.2, 0) is 4.79 Å². The summed E-state index contributed by atoms with van der Waals surface area (Å²) in [4.78, 5) is 21.1. The number of aromatic nitrogens is 4. The van der Waals surface area contributed by atoms with Crippen LogP contribution < -0.4 is 0 Å². The molecule has 1 saturated heterocycles. The van der Waals surface area contributed by atoms with Crippen molar-refractivity contribution in [2.24, 2.45) is 0 Å². The Morgan fingerprint density at radius 3 is 2.96 bits per heavy atom. The van der Waals surface area contributed by atoms with Crippen molar-refractivity contribution < 1.29 is 18.0 Å². The van der Waals surface area contributed by atoms with Crippen molar-refractivity contribution in [3.63, 3.8) is 0 Å². The molecule has 0 saturated carbocycles. The molecule has 0 aliphatic carbocycles. The molecule has 9 heteroatoms. The SMILES string of the molecule is O=C(CCC(F)(F)F)N1CCCC(c2ccnc3nnc4[nH]ccc4c23)C1. The fourth-order valence-electron chi connectivity index (χ4n) is 3.76. The fourth-order valence-corrected chi connectivity index (χ4v) is 3.76. The number of rotatable bonds is 3. The second-order valence-electron chi connectivity index (χ2n) is 6.83. The van der Waals surface area contributed by atoms with Crippen LogP contribution in [0.4, 0.5) is 13.2 Å². The van der Waals surface area contributed by atoms with Crippen LogP contribution in [0.25, 0.3) is 22.1 Å². The van der Waals surface area contributed by atoms with Gasteiger partial charge in [-0.1, -0.05) is 0 Å². The predicted octanol–water partition coefficient (Wildman–Crippen LogP) is 3.55. The van der Waals surface area contributed by atoms with Gasteiger partial charge in [0, 0.05) is 48.6 Å². The molecule has 27 heavy (non-hydrogen) atoms. The zero-order chi connectivity index (χ0) is 19.0. The van der Waals surface area contributed by atoms with Gasteiger partial charge in [0.2, 0.25) is 5.91 Å². The van der Waals surface area contributed by atoms with Gasteiger partial charge in [0.1, 0.15) is 0 Å². The number of alkyl halides is 3. The van der Waals surface area contributed by atoms with E-state index in [2.05, 4.69) is 20.2 Å². The number of carbonyl (C=O) groups excluding carboxylic acids is 1. The lowest BCUT2D eigenvalue weighted by Crippen LogP contribution is -2.39. The molecule has 0 radical (unpaired) electrons. The first-order chi connectivity index (χ1) is 12.9. The number of hydrogen-bond donors (Lipinski definition) is 1. The normalized spacial score (nSPS) is 18.3. The number of hydrogen-bond acceptors (Lipinski definition) is 4. The van der Waals surface area contributed by atoms with E-state index in [-0.39, 0.29) is 5.92 Å². The molecule has 1 unspecified atom stereocenters. The minimum Gasteiger partial charge on any atom is -0.345 e. The maximum atomic E-state index is 12.4. The molecule has 142 valence electrons. The molecule has 3 aromatic rings. The quantitative estimate of drug-likeness (QED) is 0.757. The maximum absolute atomic E-state index is 12.4. The van der Waals surface area contributed by atoms with Gasteiger partial charge in [0.15, 0.2) is 11.3 Å². The highest BCUT2D eigenvalue weighted by Gasteiger charge is 2.31. The van der Waals surface area contributed by atoms with Crippen LogP contribution in [0.2, 0.25) is 0 Å². The zero-order valence-corrected chi connectivity index (χ0v) is 14.5. The third-order valence-corrected chi connectivity index (χ3v) is 5.04. The highest BCUT2D eigenvalue weighted by atomic mass is 19.4. The molecule has 1 aliphatic rings. The minimum absolute atomic E-state index is 0.0291. The number of pyridine rings is 1. The summed E-state index contributed by atoms with van der Waals surface area (Å²) < 4.78 is 37.3. The second kappa shape index (κ2) is 6.79. The van der Waals surface area contributed by atoms with Gasteiger partial charge in [-0.2, -0.15) is 13.2 Å². The summed E-state index contributed by atoms with van der Waals surface area (Å²) >= 11 is 0. The molecule has 3 aromatic heterocycles. The first-order valence-corrected chi connectivity index (χ1v) is 8.85. The molecular formula is C18H18F3N5O. The molecule has 1 aliphatic heterocycles. The number of likely N-dealkylation sites (tertiary alicyclic amines) is 1. The van der Waals surface area contributed by atoms with E-state index in [9.17, 15) is 18.0 Å². The lowest BCUT2D eigenvalue weighted by molar-refractivity contribution is -0.149. The lowest BCUT2D eigenvalue weighted by atomic mass is 9.88. The van der Waals surface area contributed by atoms with Crippen LogP contribution in [0, 0.1) is 0 Å². The van der Waals surface area contributed by atoms with Crippen molar-refractivity contribution in [1.82, 2.24) is 25.1 Å². The Hall–Kier alpha value is -2.71. The highest BCUT2D eigenvalue weighted by molar-refractivity contribution is 6.03. The van der Waals surface area contributed by atoms with Gasteiger partial charge in [-0.3, -0.25) is 4.79 Å². The van der Waals surface area contributed by atoms with E-state index in [0.717, 1.165) is 29.2 Å². The molecule has 4 heterocycles. The van der Waals surface area contributed by atoms with Gasteiger partial charge >= 0.3 is 6.18 Å². The van der Waals surface area contributed by atoms with Crippen molar-refractivity contribution in [3.05, 3.63) is 30.1 Å². The standard InChI is InChI=1S/C18H18F3N5O/c19-18(20,21)6-3-14(27)26-9-1-2-11(10-26)12-4-7-23-17-15(12)13-5-8-22-16(13)24-25-17/h4-5,7-8,11H,1-3,6,9-10H2,(H,22,24). The van der Waals surface area contributed by atoms with Crippen LogP contribution in [0.3, 0.4) is 0 Å². The monoisotopic (exact) mass is 377 g/mol. The zero-order valence-electron chi connectivity index (χ0n) is 14.5. The first-order valence-electron chi connectivity index (χ1n) is 8.85. The number of nitrogens with one attached hydrogen (secondary N) is 1.